The maximum atomic E-state index is 11.1. The molecule has 0 radical (unpaired) electrons. The van der Waals surface area contributed by atoms with E-state index in [1.54, 1.807) is 22.6 Å². The summed E-state index contributed by atoms with van der Waals surface area (Å²) in [5.74, 6) is -1.77. The maximum absolute atomic E-state index is 11.1. The molecule has 0 aliphatic heterocycles. The fourth-order valence-corrected chi connectivity index (χ4v) is 3.44. The minimum absolute atomic E-state index is 0.00129. The molecule has 0 saturated carbocycles. The summed E-state index contributed by atoms with van der Waals surface area (Å²) in [5.41, 5.74) is 5.32. The molecule has 0 saturated heterocycles. The van der Waals surface area contributed by atoms with Crippen LogP contribution in [0.15, 0.2) is 23.1 Å². The van der Waals surface area contributed by atoms with Gasteiger partial charge in [0.15, 0.2) is 0 Å². The molecular weight excluding hydrogens is 415 g/mol. The molecule has 0 spiro atoms. The van der Waals surface area contributed by atoms with E-state index in [0.29, 0.717) is 5.69 Å². The van der Waals surface area contributed by atoms with Gasteiger partial charge in [-0.1, -0.05) is 0 Å². The summed E-state index contributed by atoms with van der Waals surface area (Å²) in [7, 11) is -4.33. The molecule has 0 unspecified atom stereocenters. The Morgan fingerprint density at radius 3 is 2.43 bits per heavy atom. The zero-order valence-corrected chi connectivity index (χ0v) is 13.6. The number of hydrogen-bond donors (Lipinski definition) is 4. The summed E-state index contributed by atoms with van der Waals surface area (Å²) >= 11 is 1.71. The van der Waals surface area contributed by atoms with Crippen LogP contribution in [-0.4, -0.2) is 36.0 Å². The van der Waals surface area contributed by atoms with E-state index in [-0.39, 0.29) is 21.3 Å². The van der Waals surface area contributed by atoms with E-state index < -0.39 is 28.0 Å². The summed E-state index contributed by atoms with van der Waals surface area (Å²) in [6, 6.07) is 2.83. The Balaban J connectivity index is 2.93. The van der Waals surface area contributed by atoms with Crippen molar-refractivity contribution in [2.24, 2.45) is 5.73 Å². The monoisotopic (exact) mass is 428 g/mol. The standard InChI is InChI=1S/C11H13IN2O6S/c12-7-5-6(1-3-9(7)21(18,19)20)14-8(11(16)17)2-4-10(13)15/h1,3,5,8,14H,2,4H2,(H2,13,15)(H,16,17)(H,18,19,20)/t8-/m0/s1. The Labute approximate surface area is 134 Å². The fourth-order valence-electron chi connectivity index (χ4n) is 1.54. The van der Waals surface area contributed by atoms with Gasteiger partial charge >= 0.3 is 5.97 Å². The first-order valence-corrected chi connectivity index (χ1v) is 8.18. The normalized spacial score (nSPS) is 12.7. The average molecular weight is 428 g/mol. The van der Waals surface area contributed by atoms with Gasteiger partial charge in [0.1, 0.15) is 10.9 Å². The van der Waals surface area contributed by atoms with Gasteiger partial charge in [-0.15, -0.1) is 0 Å². The zero-order valence-electron chi connectivity index (χ0n) is 10.6. The van der Waals surface area contributed by atoms with Gasteiger partial charge in [-0.25, -0.2) is 4.79 Å². The topological polar surface area (TPSA) is 147 Å². The quantitative estimate of drug-likeness (QED) is 0.369. The van der Waals surface area contributed by atoms with Crippen LogP contribution in [0.5, 0.6) is 0 Å². The number of carboxylic acids is 1. The molecule has 0 heterocycles. The van der Waals surface area contributed by atoms with Gasteiger partial charge in [-0.2, -0.15) is 8.42 Å². The van der Waals surface area contributed by atoms with Crippen LogP contribution in [0, 0.1) is 3.57 Å². The molecule has 116 valence electrons. The zero-order chi connectivity index (χ0) is 16.2. The third kappa shape index (κ3) is 5.47. The van der Waals surface area contributed by atoms with Crippen LogP contribution >= 0.6 is 22.6 Å². The smallest absolute Gasteiger partial charge is 0.326 e. The van der Waals surface area contributed by atoms with E-state index in [2.05, 4.69) is 5.32 Å². The SMILES string of the molecule is NC(=O)CC[C@H](Nc1ccc(S(=O)(=O)O)c(I)c1)C(=O)O. The first-order chi connectivity index (χ1) is 9.61. The number of nitrogens with two attached hydrogens (primary N) is 1. The minimum Gasteiger partial charge on any atom is -0.480 e. The van der Waals surface area contributed by atoms with Crippen LogP contribution in [0.2, 0.25) is 0 Å². The lowest BCUT2D eigenvalue weighted by molar-refractivity contribution is -0.138. The predicted molar refractivity (Wildman–Crippen MR) is 82.4 cm³/mol. The molecule has 1 aromatic rings. The third-order valence-corrected chi connectivity index (χ3v) is 4.70. The third-order valence-electron chi connectivity index (χ3n) is 2.53. The average Bonchev–Trinajstić information content (AvgIpc) is 2.32. The number of halogens is 1. The number of anilines is 1. The van der Waals surface area contributed by atoms with E-state index in [1.807, 2.05) is 0 Å². The van der Waals surface area contributed by atoms with Gasteiger partial charge in [-0.3, -0.25) is 9.35 Å². The van der Waals surface area contributed by atoms with Crippen molar-refractivity contribution in [2.75, 3.05) is 5.32 Å². The summed E-state index contributed by atoms with van der Waals surface area (Å²) in [6.07, 6.45) is -0.0918. The number of aliphatic carboxylic acids is 1. The summed E-state index contributed by atoms with van der Waals surface area (Å²) in [4.78, 5) is 21.5. The van der Waals surface area contributed by atoms with Gasteiger partial charge in [0.2, 0.25) is 5.91 Å². The molecular formula is C11H13IN2O6S. The van der Waals surface area contributed by atoms with Gasteiger partial charge in [-0.05, 0) is 47.2 Å². The van der Waals surface area contributed by atoms with Crippen molar-refractivity contribution in [3.05, 3.63) is 21.8 Å². The largest absolute Gasteiger partial charge is 0.480 e. The summed E-state index contributed by atoms with van der Waals surface area (Å²) in [5, 5.41) is 11.7. The van der Waals surface area contributed by atoms with E-state index >= 15 is 0 Å². The van der Waals surface area contributed by atoms with Crippen molar-refractivity contribution in [1.82, 2.24) is 0 Å². The second-order valence-electron chi connectivity index (χ2n) is 4.16. The van der Waals surface area contributed by atoms with E-state index in [1.165, 1.54) is 12.1 Å². The van der Waals surface area contributed by atoms with Crippen LogP contribution in [-0.2, 0) is 19.7 Å². The highest BCUT2D eigenvalue weighted by atomic mass is 127. The first-order valence-electron chi connectivity index (χ1n) is 5.66. The number of carboxylic acid groups (broad SMARTS) is 1. The Morgan fingerprint density at radius 1 is 1.38 bits per heavy atom. The second-order valence-corrected chi connectivity index (χ2v) is 6.71. The highest BCUT2D eigenvalue weighted by molar-refractivity contribution is 14.1. The number of carbonyl (C=O) groups excluding carboxylic acids is 1. The van der Waals surface area contributed by atoms with Gasteiger partial charge in [0.25, 0.3) is 10.1 Å². The molecule has 0 aliphatic rings. The number of carbonyl (C=O) groups is 2. The molecule has 5 N–H and O–H groups in total. The fraction of sp³-hybridized carbons (Fsp3) is 0.273. The number of amides is 1. The number of benzene rings is 1. The summed E-state index contributed by atoms with van der Waals surface area (Å²) < 4.78 is 31.3. The highest BCUT2D eigenvalue weighted by Crippen LogP contribution is 2.22. The Hall–Kier alpha value is -1.40. The highest BCUT2D eigenvalue weighted by Gasteiger charge is 2.19. The van der Waals surface area contributed by atoms with E-state index in [9.17, 15) is 18.0 Å². The van der Waals surface area contributed by atoms with Crippen LogP contribution in [0.3, 0.4) is 0 Å². The van der Waals surface area contributed by atoms with Crippen LogP contribution in [0.25, 0.3) is 0 Å². The molecule has 0 bridgehead atoms. The van der Waals surface area contributed by atoms with Gasteiger partial charge < -0.3 is 16.2 Å². The van der Waals surface area contributed by atoms with Crippen molar-refractivity contribution in [1.29, 1.82) is 0 Å². The number of rotatable bonds is 7. The molecule has 0 fully saturated rings. The minimum atomic E-state index is -4.33. The number of primary amides is 1. The Bertz CT molecular complexity index is 661. The maximum Gasteiger partial charge on any atom is 0.326 e. The lowest BCUT2D eigenvalue weighted by Gasteiger charge is -2.15. The lowest BCUT2D eigenvalue weighted by Crippen LogP contribution is -2.30. The van der Waals surface area contributed by atoms with Crippen LogP contribution in [0.1, 0.15) is 12.8 Å². The van der Waals surface area contributed by atoms with Crippen LogP contribution < -0.4 is 11.1 Å². The molecule has 1 aromatic carbocycles. The molecule has 0 aromatic heterocycles. The Morgan fingerprint density at radius 2 is 2.00 bits per heavy atom. The predicted octanol–water partition coefficient (Wildman–Crippen LogP) is 0.668. The van der Waals surface area contributed by atoms with Crippen LogP contribution in [0.4, 0.5) is 5.69 Å². The lowest BCUT2D eigenvalue weighted by atomic mass is 10.1. The van der Waals surface area contributed by atoms with Crippen molar-refractivity contribution in [3.8, 4) is 0 Å². The second kappa shape index (κ2) is 7.04. The number of hydrogen-bond acceptors (Lipinski definition) is 5. The molecule has 1 atom stereocenters. The Kier molecular flexibility index (Phi) is 5.92. The van der Waals surface area contributed by atoms with Gasteiger partial charge in [0.05, 0.1) is 0 Å². The molecule has 1 rings (SSSR count). The van der Waals surface area contributed by atoms with Crippen molar-refractivity contribution < 1.29 is 27.7 Å². The number of nitrogens with one attached hydrogen (secondary N) is 1. The van der Waals surface area contributed by atoms with Crippen molar-refractivity contribution in [3.63, 3.8) is 0 Å². The van der Waals surface area contributed by atoms with Crippen molar-refractivity contribution >= 4 is 50.3 Å². The van der Waals surface area contributed by atoms with E-state index in [0.717, 1.165) is 6.07 Å². The van der Waals surface area contributed by atoms with E-state index in [4.69, 9.17) is 15.4 Å². The molecule has 1 amide bonds. The molecule has 21 heavy (non-hydrogen) atoms. The molecule has 8 nitrogen and oxygen atoms in total. The van der Waals surface area contributed by atoms with Crippen molar-refractivity contribution in [2.45, 2.75) is 23.8 Å². The molecule has 0 aliphatic carbocycles. The molecule has 10 heteroatoms. The summed E-state index contributed by atoms with van der Waals surface area (Å²) in [6.45, 7) is 0. The first kappa shape index (κ1) is 17.7. The van der Waals surface area contributed by atoms with Gasteiger partial charge in [0, 0.05) is 15.7 Å².